The molecule has 0 bridgehead atoms. The molecule has 0 aliphatic carbocycles. The molecule has 0 fully saturated rings. The normalized spacial score (nSPS) is 10.4. The quantitative estimate of drug-likeness (QED) is 0.728. The van der Waals surface area contributed by atoms with Gasteiger partial charge in [0.1, 0.15) is 5.75 Å². The first kappa shape index (κ1) is 15.3. The fraction of sp³-hybridized carbons (Fsp3) is 0.316. The smallest absolute Gasteiger partial charge is 0.167 e. The number of ketones is 1. The molecule has 0 spiro atoms. The Morgan fingerprint density at radius 3 is 2.33 bits per heavy atom. The number of hydrogen-bond acceptors (Lipinski definition) is 2. The summed E-state index contributed by atoms with van der Waals surface area (Å²) in [5.74, 6) is 0.958. The van der Waals surface area contributed by atoms with Crippen molar-refractivity contribution < 1.29 is 9.53 Å². The molecule has 0 saturated carbocycles. The van der Waals surface area contributed by atoms with Gasteiger partial charge >= 0.3 is 0 Å². The monoisotopic (exact) mass is 282 g/mol. The molecule has 0 N–H and O–H groups in total. The number of Topliss-reactive ketones (excluding diaryl/α,β-unsaturated/α-hetero) is 1. The fourth-order valence-electron chi connectivity index (χ4n) is 2.16. The Morgan fingerprint density at radius 1 is 1.00 bits per heavy atom. The van der Waals surface area contributed by atoms with Crippen LogP contribution in [0.4, 0.5) is 0 Å². The van der Waals surface area contributed by atoms with Gasteiger partial charge in [0.05, 0.1) is 6.61 Å². The van der Waals surface area contributed by atoms with E-state index in [9.17, 15) is 4.79 Å². The van der Waals surface area contributed by atoms with Crippen molar-refractivity contribution in [3.63, 3.8) is 0 Å². The summed E-state index contributed by atoms with van der Waals surface area (Å²) in [6.45, 7) is 6.93. The molecule has 110 valence electrons. The third kappa shape index (κ3) is 4.19. The van der Waals surface area contributed by atoms with E-state index in [1.807, 2.05) is 30.3 Å². The van der Waals surface area contributed by atoms with Crippen LogP contribution in [-0.2, 0) is 6.42 Å². The van der Waals surface area contributed by atoms with Crippen LogP contribution >= 0.6 is 0 Å². The van der Waals surface area contributed by atoms with Gasteiger partial charge in [-0.05, 0) is 61.2 Å². The van der Waals surface area contributed by atoms with Crippen molar-refractivity contribution in [2.24, 2.45) is 0 Å². The first-order valence-electron chi connectivity index (χ1n) is 7.42. The molecule has 2 aromatic carbocycles. The molecule has 2 aromatic rings. The van der Waals surface area contributed by atoms with Gasteiger partial charge in [-0.3, -0.25) is 4.79 Å². The maximum Gasteiger partial charge on any atom is 0.167 e. The Hall–Kier alpha value is -2.09. The summed E-state index contributed by atoms with van der Waals surface area (Å²) in [7, 11) is 0. The van der Waals surface area contributed by atoms with Gasteiger partial charge in [0.25, 0.3) is 0 Å². The van der Waals surface area contributed by atoms with Crippen LogP contribution in [0.15, 0.2) is 42.5 Å². The van der Waals surface area contributed by atoms with E-state index in [1.165, 1.54) is 11.1 Å². The van der Waals surface area contributed by atoms with E-state index < -0.39 is 0 Å². The highest BCUT2D eigenvalue weighted by Crippen LogP contribution is 2.16. The summed E-state index contributed by atoms with van der Waals surface area (Å²) in [4.78, 5) is 12.3. The second-order valence-electron chi connectivity index (χ2n) is 5.39. The zero-order chi connectivity index (χ0) is 15.2. The number of carbonyl (C=O) groups excluding carboxylic acids is 1. The minimum atomic E-state index is 0.139. The van der Waals surface area contributed by atoms with Crippen molar-refractivity contribution in [2.75, 3.05) is 6.61 Å². The van der Waals surface area contributed by atoms with Crippen LogP contribution < -0.4 is 4.74 Å². The molecule has 0 aromatic heterocycles. The topological polar surface area (TPSA) is 26.3 Å². The highest BCUT2D eigenvalue weighted by atomic mass is 16.5. The maximum atomic E-state index is 12.3. The molecule has 0 aliphatic rings. The lowest BCUT2D eigenvalue weighted by atomic mass is 9.99. The molecule has 0 aliphatic heterocycles. The van der Waals surface area contributed by atoms with Crippen LogP contribution in [0.1, 0.15) is 40.4 Å². The summed E-state index contributed by atoms with van der Waals surface area (Å²) >= 11 is 0. The standard InChI is InChI=1S/C19H22O2/c1-4-11-21-18-9-7-17(8-10-18)19(20)13-16-6-5-14(2)15(3)12-16/h5-10,12H,4,11,13H2,1-3H3. The lowest BCUT2D eigenvalue weighted by Crippen LogP contribution is -2.04. The predicted octanol–water partition coefficient (Wildman–Crippen LogP) is 4.52. The molecule has 2 heteroatoms. The Morgan fingerprint density at radius 2 is 1.71 bits per heavy atom. The summed E-state index contributed by atoms with van der Waals surface area (Å²) < 4.78 is 5.53. The molecule has 21 heavy (non-hydrogen) atoms. The Bertz CT molecular complexity index is 612. The molecule has 0 unspecified atom stereocenters. The number of hydrogen-bond donors (Lipinski definition) is 0. The maximum absolute atomic E-state index is 12.3. The van der Waals surface area contributed by atoms with E-state index in [0.29, 0.717) is 13.0 Å². The van der Waals surface area contributed by atoms with Crippen LogP contribution in [0.25, 0.3) is 0 Å². The van der Waals surface area contributed by atoms with Gasteiger partial charge < -0.3 is 4.74 Å². The first-order chi connectivity index (χ1) is 10.1. The number of ether oxygens (including phenoxy) is 1. The van der Waals surface area contributed by atoms with Crippen molar-refractivity contribution in [1.82, 2.24) is 0 Å². The Labute approximate surface area is 126 Å². The molecule has 2 rings (SSSR count). The van der Waals surface area contributed by atoms with Crippen molar-refractivity contribution in [1.29, 1.82) is 0 Å². The van der Waals surface area contributed by atoms with E-state index in [2.05, 4.69) is 32.9 Å². The van der Waals surface area contributed by atoms with Crippen molar-refractivity contribution >= 4 is 5.78 Å². The minimum absolute atomic E-state index is 0.139. The van der Waals surface area contributed by atoms with Crippen LogP contribution in [0, 0.1) is 13.8 Å². The third-order valence-electron chi connectivity index (χ3n) is 3.59. The van der Waals surface area contributed by atoms with Crippen molar-refractivity contribution in [2.45, 2.75) is 33.6 Å². The van der Waals surface area contributed by atoms with Gasteiger partial charge in [-0.2, -0.15) is 0 Å². The highest BCUT2D eigenvalue weighted by molar-refractivity contribution is 5.97. The van der Waals surface area contributed by atoms with E-state index in [1.54, 1.807) is 0 Å². The van der Waals surface area contributed by atoms with Gasteiger partial charge in [0, 0.05) is 12.0 Å². The predicted molar refractivity (Wildman–Crippen MR) is 86.2 cm³/mol. The second-order valence-corrected chi connectivity index (χ2v) is 5.39. The summed E-state index contributed by atoms with van der Waals surface area (Å²) in [5, 5.41) is 0. The lowest BCUT2D eigenvalue weighted by molar-refractivity contribution is 0.0993. The average Bonchev–Trinajstić information content (AvgIpc) is 2.49. The van der Waals surface area contributed by atoms with Crippen molar-refractivity contribution in [3.05, 3.63) is 64.7 Å². The van der Waals surface area contributed by atoms with Gasteiger partial charge in [-0.1, -0.05) is 25.1 Å². The van der Waals surface area contributed by atoms with Gasteiger partial charge in [-0.25, -0.2) is 0 Å². The Kier molecular flexibility index (Phi) is 5.15. The van der Waals surface area contributed by atoms with Crippen LogP contribution in [0.2, 0.25) is 0 Å². The third-order valence-corrected chi connectivity index (χ3v) is 3.59. The number of carbonyl (C=O) groups is 1. The van der Waals surface area contributed by atoms with E-state index >= 15 is 0 Å². The van der Waals surface area contributed by atoms with Gasteiger partial charge in [0.15, 0.2) is 5.78 Å². The molecular weight excluding hydrogens is 260 g/mol. The largest absolute Gasteiger partial charge is 0.494 e. The molecule has 0 heterocycles. The fourth-order valence-corrected chi connectivity index (χ4v) is 2.16. The van der Waals surface area contributed by atoms with E-state index in [-0.39, 0.29) is 5.78 Å². The highest BCUT2D eigenvalue weighted by Gasteiger charge is 2.08. The SMILES string of the molecule is CCCOc1ccc(C(=O)Cc2ccc(C)c(C)c2)cc1. The van der Waals surface area contributed by atoms with Crippen LogP contribution in [0.3, 0.4) is 0 Å². The van der Waals surface area contributed by atoms with Gasteiger partial charge in [0.2, 0.25) is 0 Å². The van der Waals surface area contributed by atoms with Gasteiger partial charge in [-0.15, -0.1) is 0 Å². The van der Waals surface area contributed by atoms with Crippen molar-refractivity contribution in [3.8, 4) is 5.75 Å². The number of benzene rings is 2. The summed E-state index contributed by atoms with van der Waals surface area (Å²) in [6, 6.07) is 13.6. The molecule has 0 saturated heterocycles. The Balaban J connectivity index is 2.04. The number of rotatable bonds is 6. The molecule has 0 atom stereocenters. The first-order valence-corrected chi connectivity index (χ1v) is 7.42. The molecular formula is C19H22O2. The van der Waals surface area contributed by atoms with E-state index in [0.717, 1.165) is 23.3 Å². The zero-order valence-corrected chi connectivity index (χ0v) is 13.0. The summed E-state index contributed by atoms with van der Waals surface area (Å²) in [6.07, 6.45) is 1.42. The lowest BCUT2D eigenvalue weighted by Gasteiger charge is -2.07. The zero-order valence-electron chi connectivity index (χ0n) is 13.0. The molecule has 2 nitrogen and oxygen atoms in total. The van der Waals surface area contributed by atoms with E-state index in [4.69, 9.17) is 4.74 Å². The summed E-state index contributed by atoms with van der Waals surface area (Å²) in [5.41, 5.74) is 4.28. The average molecular weight is 282 g/mol. The molecule has 0 amide bonds. The molecule has 0 radical (unpaired) electrons. The second kappa shape index (κ2) is 7.07. The van der Waals surface area contributed by atoms with Crippen LogP contribution in [0.5, 0.6) is 5.75 Å². The van der Waals surface area contributed by atoms with Crippen LogP contribution in [-0.4, -0.2) is 12.4 Å². The number of aryl methyl sites for hydroxylation is 2. The minimum Gasteiger partial charge on any atom is -0.494 e.